The van der Waals surface area contributed by atoms with Crippen LogP contribution >= 0.6 is 0 Å². The summed E-state index contributed by atoms with van der Waals surface area (Å²) in [7, 11) is 0. The normalized spacial score (nSPS) is 20.4. The molecule has 0 spiro atoms. The predicted molar refractivity (Wildman–Crippen MR) is 61.3 cm³/mol. The first-order chi connectivity index (χ1) is 7.28. The van der Waals surface area contributed by atoms with Gasteiger partial charge in [0.05, 0.1) is 6.61 Å². The molecule has 3 N–H and O–H groups in total. The molecule has 0 saturated carbocycles. The van der Waals surface area contributed by atoms with E-state index in [0.717, 1.165) is 18.4 Å². The molecule has 15 heavy (non-hydrogen) atoms. The van der Waals surface area contributed by atoms with Crippen LogP contribution in [0.4, 0.5) is 0 Å². The Kier molecular flexibility index (Phi) is 2.89. The van der Waals surface area contributed by atoms with Crippen molar-refractivity contribution in [3.63, 3.8) is 0 Å². The molecule has 2 heteroatoms. The zero-order valence-corrected chi connectivity index (χ0v) is 8.76. The van der Waals surface area contributed by atoms with E-state index in [-0.39, 0.29) is 18.1 Å². The summed E-state index contributed by atoms with van der Waals surface area (Å²) in [5.41, 5.74) is 7.17. The van der Waals surface area contributed by atoms with E-state index >= 15 is 0 Å². The number of allylic oxidation sites excluding steroid dienone is 2. The molecule has 0 saturated heterocycles. The highest BCUT2D eigenvalue weighted by molar-refractivity contribution is 5.23. The molecule has 1 aromatic carbocycles. The van der Waals surface area contributed by atoms with Crippen molar-refractivity contribution in [3.05, 3.63) is 48.0 Å². The van der Waals surface area contributed by atoms with Crippen LogP contribution in [0.5, 0.6) is 0 Å². The topological polar surface area (TPSA) is 46.2 Å². The minimum Gasteiger partial charge on any atom is -0.396 e. The fraction of sp³-hybridized carbons (Fsp3) is 0.385. The lowest BCUT2D eigenvalue weighted by Gasteiger charge is -2.33. The molecule has 1 aromatic rings. The Morgan fingerprint density at radius 1 is 1.20 bits per heavy atom. The number of aliphatic hydroxyl groups excluding tert-OH is 1. The third-order valence-electron chi connectivity index (χ3n) is 3.35. The van der Waals surface area contributed by atoms with E-state index in [1.165, 1.54) is 0 Å². The van der Waals surface area contributed by atoms with Gasteiger partial charge in [-0.25, -0.2) is 0 Å². The Labute approximate surface area is 90.4 Å². The van der Waals surface area contributed by atoms with Crippen LogP contribution in [0, 0.1) is 5.41 Å². The number of nitrogens with two attached hydrogens (primary N) is 1. The summed E-state index contributed by atoms with van der Waals surface area (Å²) < 4.78 is 0. The van der Waals surface area contributed by atoms with Crippen LogP contribution in [0.15, 0.2) is 42.5 Å². The second kappa shape index (κ2) is 4.17. The molecular weight excluding hydrogens is 186 g/mol. The lowest BCUT2D eigenvalue weighted by Crippen LogP contribution is -2.35. The van der Waals surface area contributed by atoms with Crippen molar-refractivity contribution in [1.29, 1.82) is 0 Å². The average molecular weight is 203 g/mol. The van der Waals surface area contributed by atoms with Gasteiger partial charge in [0.25, 0.3) is 0 Å². The van der Waals surface area contributed by atoms with Gasteiger partial charge < -0.3 is 10.8 Å². The zero-order valence-electron chi connectivity index (χ0n) is 8.76. The van der Waals surface area contributed by atoms with Gasteiger partial charge in [0.15, 0.2) is 0 Å². The Bertz CT molecular complexity index is 337. The van der Waals surface area contributed by atoms with Gasteiger partial charge in [-0.1, -0.05) is 42.5 Å². The molecular formula is C13H17NO. The van der Waals surface area contributed by atoms with Gasteiger partial charge in [0.1, 0.15) is 0 Å². The lowest BCUT2D eigenvalue weighted by molar-refractivity contribution is 0.108. The van der Waals surface area contributed by atoms with Crippen molar-refractivity contribution in [2.75, 3.05) is 6.61 Å². The maximum absolute atomic E-state index is 9.53. The van der Waals surface area contributed by atoms with E-state index in [9.17, 15) is 5.11 Å². The smallest absolute Gasteiger partial charge is 0.0511 e. The van der Waals surface area contributed by atoms with Crippen molar-refractivity contribution in [3.8, 4) is 0 Å². The third kappa shape index (κ3) is 1.83. The molecule has 0 fully saturated rings. The van der Waals surface area contributed by atoms with Gasteiger partial charge >= 0.3 is 0 Å². The Morgan fingerprint density at radius 2 is 1.80 bits per heavy atom. The first-order valence-electron chi connectivity index (χ1n) is 5.35. The molecule has 1 aliphatic carbocycles. The highest BCUT2D eigenvalue weighted by Crippen LogP contribution is 2.42. The molecule has 0 radical (unpaired) electrons. The van der Waals surface area contributed by atoms with Gasteiger partial charge in [-0.15, -0.1) is 0 Å². The number of benzene rings is 1. The van der Waals surface area contributed by atoms with Crippen LogP contribution < -0.4 is 5.73 Å². The Hall–Kier alpha value is -1.12. The van der Waals surface area contributed by atoms with Crippen LogP contribution in [0.2, 0.25) is 0 Å². The Balaban J connectivity index is 2.23. The van der Waals surface area contributed by atoms with E-state index < -0.39 is 0 Å². The minimum absolute atomic E-state index is 0.0845. The van der Waals surface area contributed by atoms with E-state index in [4.69, 9.17) is 5.73 Å². The molecule has 0 aromatic heterocycles. The summed E-state index contributed by atoms with van der Waals surface area (Å²) in [6, 6.07) is 9.93. The minimum atomic E-state index is -0.179. The van der Waals surface area contributed by atoms with E-state index in [1.807, 2.05) is 30.3 Å². The third-order valence-corrected chi connectivity index (χ3v) is 3.35. The van der Waals surface area contributed by atoms with Gasteiger partial charge in [-0.2, -0.15) is 0 Å². The first-order valence-corrected chi connectivity index (χ1v) is 5.35. The molecule has 0 bridgehead atoms. The van der Waals surface area contributed by atoms with Crippen molar-refractivity contribution in [2.45, 2.75) is 18.9 Å². The van der Waals surface area contributed by atoms with Gasteiger partial charge in [-0.3, -0.25) is 0 Å². The quantitative estimate of drug-likeness (QED) is 0.738. The summed E-state index contributed by atoms with van der Waals surface area (Å²) >= 11 is 0. The molecule has 2 nitrogen and oxygen atoms in total. The van der Waals surface area contributed by atoms with Crippen LogP contribution in [0.3, 0.4) is 0 Å². The van der Waals surface area contributed by atoms with Gasteiger partial charge in [0, 0.05) is 11.5 Å². The summed E-state index contributed by atoms with van der Waals surface area (Å²) in [4.78, 5) is 0. The second-order valence-corrected chi connectivity index (χ2v) is 4.29. The number of rotatable bonds is 3. The maximum atomic E-state index is 9.53. The average Bonchev–Trinajstić information content (AvgIpc) is 2.79. The molecule has 0 amide bonds. The molecule has 0 aliphatic heterocycles. The summed E-state index contributed by atoms with van der Waals surface area (Å²) in [5, 5.41) is 9.53. The fourth-order valence-corrected chi connectivity index (χ4v) is 2.21. The van der Waals surface area contributed by atoms with Crippen LogP contribution in [-0.4, -0.2) is 11.7 Å². The van der Waals surface area contributed by atoms with Crippen molar-refractivity contribution in [1.82, 2.24) is 0 Å². The van der Waals surface area contributed by atoms with E-state index in [0.29, 0.717) is 0 Å². The molecule has 1 atom stereocenters. The molecule has 2 rings (SSSR count). The SMILES string of the molecule is N[C@H](c1ccccc1)C1(CO)CC=CC1. The van der Waals surface area contributed by atoms with Gasteiger partial charge in [0.2, 0.25) is 0 Å². The summed E-state index contributed by atoms with van der Waals surface area (Å²) in [6.07, 6.45) is 5.97. The predicted octanol–water partition coefficient (Wildman–Crippen LogP) is 2.02. The molecule has 80 valence electrons. The highest BCUT2D eigenvalue weighted by Gasteiger charge is 2.37. The van der Waals surface area contributed by atoms with E-state index in [1.54, 1.807) is 0 Å². The number of hydrogen-bond donors (Lipinski definition) is 2. The van der Waals surface area contributed by atoms with Gasteiger partial charge in [-0.05, 0) is 18.4 Å². The van der Waals surface area contributed by atoms with Crippen LogP contribution in [0.1, 0.15) is 24.4 Å². The molecule has 1 aliphatic rings. The van der Waals surface area contributed by atoms with Crippen molar-refractivity contribution >= 4 is 0 Å². The van der Waals surface area contributed by atoms with Crippen LogP contribution in [-0.2, 0) is 0 Å². The molecule has 0 heterocycles. The highest BCUT2D eigenvalue weighted by atomic mass is 16.3. The number of aliphatic hydroxyl groups is 1. The maximum Gasteiger partial charge on any atom is 0.0511 e. The standard InChI is InChI=1S/C13H17NO/c14-12(11-6-2-1-3-7-11)13(10-15)8-4-5-9-13/h1-7,12,15H,8-10,14H2/t12-/m1/s1. The van der Waals surface area contributed by atoms with Crippen LogP contribution in [0.25, 0.3) is 0 Å². The fourth-order valence-electron chi connectivity index (χ4n) is 2.21. The lowest BCUT2D eigenvalue weighted by atomic mass is 9.76. The largest absolute Gasteiger partial charge is 0.396 e. The van der Waals surface area contributed by atoms with Crippen molar-refractivity contribution < 1.29 is 5.11 Å². The second-order valence-electron chi connectivity index (χ2n) is 4.29. The molecule has 0 unspecified atom stereocenters. The Morgan fingerprint density at radius 3 is 2.33 bits per heavy atom. The monoisotopic (exact) mass is 203 g/mol. The summed E-state index contributed by atoms with van der Waals surface area (Å²) in [6.45, 7) is 0.149. The first kappa shape index (κ1) is 10.4. The summed E-state index contributed by atoms with van der Waals surface area (Å²) in [5.74, 6) is 0. The van der Waals surface area contributed by atoms with Crippen molar-refractivity contribution in [2.24, 2.45) is 11.1 Å². The zero-order chi connectivity index (χ0) is 10.7. The number of hydrogen-bond acceptors (Lipinski definition) is 2. The van der Waals surface area contributed by atoms with E-state index in [2.05, 4.69) is 12.2 Å².